The monoisotopic (exact) mass is 248 g/mol. The summed E-state index contributed by atoms with van der Waals surface area (Å²) >= 11 is 0. The molecule has 94 valence electrons. The zero-order chi connectivity index (χ0) is 13.0. The molecule has 0 aliphatic carbocycles. The number of hydrogen-bond donors (Lipinski definition) is 2. The molecule has 0 spiro atoms. The summed E-state index contributed by atoms with van der Waals surface area (Å²) in [5.41, 5.74) is 0.776. The molecular formula is C12H13FN4O. The molecule has 0 fully saturated rings. The number of aromatic amines is 1. The fourth-order valence-electron chi connectivity index (χ4n) is 1.45. The summed E-state index contributed by atoms with van der Waals surface area (Å²) in [6, 6.07) is 2.74. The lowest BCUT2D eigenvalue weighted by Crippen LogP contribution is -2.21. The molecule has 2 rings (SSSR count). The zero-order valence-electron chi connectivity index (χ0n) is 9.90. The van der Waals surface area contributed by atoms with E-state index >= 15 is 0 Å². The average Bonchev–Trinajstić information content (AvgIpc) is 2.38. The van der Waals surface area contributed by atoms with Gasteiger partial charge in [0.25, 0.3) is 5.56 Å². The Labute approximate surface area is 103 Å². The molecule has 0 amide bonds. The van der Waals surface area contributed by atoms with Crippen molar-refractivity contribution >= 4 is 0 Å². The largest absolute Gasteiger partial charge is 0.313 e. The van der Waals surface area contributed by atoms with E-state index in [-0.39, 0.29) is 5.56 Å². The van der Waals surface area contributed by atoms with Crippen LogP contribution in [0.15, 0.2) is 29.3 Å². The lowest BCUT2D eigenvalue weighted by molar-refractivity contribution is 0.621. The van der Waals surface area contributed by atoms with Gasteiger partial charge in [-0.2, -0.15) is 0 Å². The third kappa shape index (κ3) is 2.78. The maximum Gasteiger partial charge on any atom is 0.255 e. The van der Waals surface area contributed by atoms with Crippen molar-refractivity contribution in [1.29, 1.82) is 0 Å². The van der Waals surface area contributed by atoms with Gasteiger partial charge < -0.3 is 10.3 Å². The molecule has 0 unspecified atom stereocenters. The second kappa shape index (κ2) is 5.50. The maximum atomic E-state index is 12.7. The van der Waals surface area contributed by atoms with Crippen molar-refractivity contribution in [3.05, 3.63) is 46.3 Å². The minimum absolute atomic E-state index is 0.216. The second-order valence-electron chi connectivity index (χ2n) is 3.73. The van der Waals surface area contributed by atoms with E-state index in [1.54, 1.807) is 0 Å². The van der Waals surface area contributed by atoms with E-state index in [0.717, 1.165) is 12.7 Å². The van der Waals surface area contributed by atoms with Crippen molar-refractivity contribution in [2.45, 2.75) is 13.5 Å². The van der Waals surface area contributed by atoms with Gasteiger partial charge in [-0.1, -0.05) is 6.92 Å². The summed E-state index contributed by atoms with van der Waals surface area (Å²) in [7, 11) is 0. The predicted octanol–water partition coefficient (Wildman–Crippen LogP) is 1.08. The highest BCUT2D eigenvalue weighted by Crippen LogP contribution is 2.09. The summed E-state index contributed by atoms with van der Waals surface area (Å²) in [6.45, 7) is 3.20. The van der Waals surface area contributed by atoms with Gasteiger partial charge in [0.05, 0.1) is 6.20 Å². The first-order chi connectivity index (χ1) is 8.70. The van der Waals surface area contributed by atoms with Gasteiger partial charge in [0.2, 0.25) is 0 Å². The minimum Gasteiger partial charge on any atom is -0.313 e. The van der Waals surface area contributed by atoms with Gasteiger partial charge in [0.1, 0.15) is 11.5 Å². The Morgan fingerprint density at radius 1 is 1.33 bits per heavy atom. The van der Waals surface area contributed by atoms with Crippen molar-refractivity contribution in [3.63, 3.8) is 0 Å². The van der Waals surface area contributed by atoms with Gasteiger partial charge in [-0.05, 0) is 18.7 Å². The molecule has 2 aromatic heterocycles. The van der Waals surface area contributed by atoms with Crippen LogP contribution >= 0.6 is 0 Å². The van der Waals surface area contributed by atoms with Crippen molar-refractivity contribution in [3.8, 4) is 11.5 Å². The first-order valence-electron chi connectivity index (χ1n) is 5.61. The summed E-state index contributed by atoms with van der Waals surface area (Å²) in [4.78, 5) is 22.3. The van der Waals surface area contributed by atoms with Crippen LogP contribution in [0.5, 0.6) is 0 Å². The molecule has 2 heterocycles. The van der Waals surface area contributed by atoms with Crippen LogP contribution in [-0.2, 0) is 6.54 Å². The number of aromatic nitrogens is 3. The van der Waals surface area contributed by atoms with Crippen LogP contribution in [0.1, 0.15) is 12.5 Å². The summed E-state index contributed by atoms with van der Waals surface area (Å²) in [5.74, 6) is -0.0925. The van der Waals surface area contributed by atoms with Crippen molar-refractivity contribution in [1.82, 2.24) is 20.3 Å². The SMILES string of the molecule is CCNCc1cnc(-c2ccc(F)cn2)[nH]c1=O. The molecule has 0 bridgehead atoms. The molecule has 18 heavy (non-hydrogen) atoms. The second-order valence-corrected chi connectivity index (χ2v) is 3.73. The number of nitrogens with zero attached hydrogens (tertiary/aromatic N) is 2. The van der Waals surface area contributed by atoms with E-state index in [9.17, 15) is 9.18 Å². The van der Waals surface area contributed by atoms with Crippen LogP contribution in [0.4, 0.5) is 4.39 Å². The van der Waals surface area contributed by atoms with Crippen molar-refractivity contribution < 1.29 is 4.39 Å². The molecule has 0 aliphatic heterocycles. The molecule has 0 saturated heterocycles. The van der Waals surface area contributed by atoms with Gasteiger partial charge >= 0.3 is 0 Å². The van der Waals surface area contributed by atoms with Crippen LogP contribution in [0.3, 0.4) is 0 Å². The fraction of sp³-hybridized carbons (Fsp3) is 0.250. The molecule has 0 radical (unpaired) electrons. The number of halogens is 1. The Morgan fingerprint density at radius 2 is 2.17 bits per heavy atom. The van der Waals surface area contributed by atoms with Crippen LogP contribution in [0.25, 0.3) is 11.5 Å². The number of pyridine rings is 1. The first-order valence-corrected chi connectivity index (χ1v) is 5.61. The van der Waals surface area contributed by atoms with E-state index in [4.69, 9.17) is 0 Å². The first kappa shape index (κ1) is 12.4. The van der Waals surface area contributed by atoms with E-state index in [1.807, 2.05) is 6.92 Å². The Kier molecular flexibility index (Phi) is 3.78. The number of H-pyrrole nitrogens is 1. The van der Waals surface area contributed by atoms with Crippen molar-refractivity contribution in [2.24, 2.45) is 0 Å². The van der Waals surface area contributed by atoms with Crippen LogP contribution in [0, 0.1) is 5.82 Å². The molecule has 5 nitrogen and oxygen atoms in total. The lowest BCUT2D eigenvalue weighted by atomic mass is 10.3. The highest BCUT2D eigenvalue weighted by molar-refractivity contribution is 5.47. The van der Waals surface area contributed by atoms with E-state index in [0.29, 0.717) is 23.6 Å². The summed E-state index contributed by atoms with van der Waals surface area (Å²) < 4.78 is 12.7. The molecule has 0 saturated carbocycles. The van der Waals surface area contributed by atoms with Crippen LogP contribution in [0.2, 0.25) is 0 Å². The van der Waals surface area contributed by atoms with Crippen LogP contribution < -0.4 is 10.9 Å². The molecule has 0 aromatic carbocycles. The standard InChI is InChI=1S/C12H13FN4O/c1-2-14-5-8-6-16-11(17-12(8)18)10-4-3-9(13)7-15-10/h3-4,6-7,14H,2,5H2,1H3,(H,16,17,18). The molecule has 2 N–H and O–H groups in total. The molecule has 0 aliphatic rings. The number of nitrogens with one attached hydrogen (secondary N) is 2. The Morgan fingerprint density at radius 3 is 2.78 bits per heavy atom. The quantitative estimate of drug-likeness (QED) is 0.849. The minimum atomic E-state index is -0.426. The maximum absolute atomic E-state index is 12.7. The summed E-state index contributed by atoms with van der Waals surface area (Å²) in [5, 5.41) is 3.05. The molecule has 6 heteroatoms. The van der Waals surface area contributed by atoms with Crippen LogP contribution in [-0.4, -0.2) is 21.5 Å². The third-order valence-electron chi connectivity index (χ3n) is 2.41. The normalized spacial score (nSPS) is 10.6. The number of hydrogen-bond acceptors (Lipinski definition) is 4. The molecular weight excluding hydrogens is 235 g/mol. The topological polar surface area (TPSA) is 70.7 Å². The fourth-order valence-corrected chi connectivity index (χ4v) is 1.45. The lowest BCUT2D eigenvalue weighted by Gasteiger charge is -2.03. The van der Waals surface area contributed by atoms with Crippen molar-refractivity contribution in [2.75, 3.05) is 6.54 Å². The van der Waals surface area contributed by atoms with Gasteiger partial charge in [-0.15, -0.1) is 0 Å². The Bertz CT molecular complexity index is 579. The van der Waals surface area contributed by atoms with E-state index in [1.165, 1.54) is 18.3 Å². The van der Waals surface area contributed by atoms with Gasteiger partial charge in [-0.3, -0.25) is 4.79 Å². The molecule has 2 aromatic rings. The zero-order valence-corrected chi connectivity index (χ0v) is 9.90. The number of rotatable bonds is 4. The Balaban J connectivity index is 2.28. The van der Waals surface area contributed by atoms with E-state index in [2.05, 4.69) is 20.3 Å². The smallest absolute Gasteiger partial charge is 0.255 e. The highest BCUT2D eigenvalue weighted by Gasteiger charge is 2.05. The van der Waals surface area contributed by atoms with E-state index < -0.39 is 5.82 Å². The highest BCUT2D eigenvalue weighted by atomic mass is 19.1. The Hall–Kier alpha value is -2.08. The van der Waals surface area contributed by atoms with Gasteiger partial charge in [0, 0.05) is 18.3 Å². The third-order valence-corrected chi connectivity index (χ3v) is 2.41. The van der Waals surface area contributed by atoms with Gasteiger partial charge in [-0.25, -0.2) is 14.4 Å². The summed E-state index contributed by atoms with van der Waals surface area (Å²) in [6.07, 6.45) is 2.59. The van der Waals surface area contributed by atoms with Gasteiger partial charge in [0.15, 0.2) is 5.82 Å². The predicted molar refractivity (Wildman–Crippen MR) is 65.4 cm³/mol. The average molecular weight is 248 g/mol. The molecule has 0 atom stereocenters.